The smallest absolute Gasteiger partial charge is 0.131 e. The van der Waals surface area contributed by atoms with Gasteiger partial charge in [-0.1, -0.05) is 13.0 Å². The van der Waals surface area contributed by atoms with Crippen LogP contribution in [0.1, 0.15) is 25.3 Å². The molecule has 1 aromatic rings. The second kappa shape index (κ2) is 6.16. The molecule has 0 saturated carbocycles. The van der Waals surface area contributed by atoms with Gasteiger partial charge in [0, 0.05) is 25.2 Å². The highest BCUT2D eigenvalue weighted by molar-refractivity contribution is 5.34. The molecule has 1 aliphatic rings. The summed E-state index contributed by atoms with van der Waals surface area (Å²) in [5.41, 5.74) is 6.05. The molecule has 18 heavy (non-hydrogen) atoms. The van der Waals surface area contributed by atoms with E-state index in [0.717, 1.165) is 32.5 Å². The van der Waals surface area contributed by atoms with Gasteiger partial charge < -0.3 is 15.4 Å². The molecule has 3 nitrogen and oxygen atoms in total. The Labute approximate surface area is 108 Å². The summed E-state index contributed by atoms with van der Waals surface area (Å²) in [6.07, 6.45) is 2.17. The molecule has 0 aliphatic carbocycles. The van der Waals surface area contributed by atoms with Crippen molar-refractivity contribution in [3.8, 4) is 5.75 Å². The Morgan fingerprint density at radius 3 is 2.72 bits per heavy atom. The Balaban J connectivity index is 2.00. The zero-order valence-corrected chi connectivity index (χ0v) is 10.9. The molecule has 0 radical (unpaired) electrons. The van der Waals surface area contributed by atoms with E-state index in [1.165, 1.54) is 6.07 Å². The van der Waals surface area contributed by atoms with Crippen LogP contribution >= 0.6 is 0 Å². The van der Waals surface area contributed by atoms with E-state index < -0.39 is 0 Å². The predicted octanol–water partition coefficient (Wildman–Crippen LogP) is 2.15. The number of nitrogens with zero attached hydrogens (tertiary/aromatic N) is 1. The summed E-state index contributed by atoms with van der Waals surface area (Å²) >= 11 is 0. The molecule has 0 spiro atoms. The monoisotopic (exact) mass is 252 g/mol. The molecule has 1 fully saturated rings. The lowest BCUT2D eigenvalue weighted by Crippen LogP contribution is -2.38. The van der Waals surface area contributed by atoms with Crippen LogP contribution in [-0.4, -0.2) is 30.6 Å². The van der Waals surface area contributed by atoms with Crippen molar-refractivity contribution in [2.75, 3.05) is 19.6 Å². The molecule has 0 atom stereocenters. The summed E-state index contributed by atoms with van der Waals surface area (Å²) in [6, 6.07) is 4.90. The van der Waals surface area contributed by atoms with E-state index >= 15 is 0 Å². The van der Waals surface area contributed by atoms with Gasteiger partial charge in [0.2, 0.25) is 0 Å². The summed E-state index contributed by atoms with van der Waals surface area (Å²) in [5, 5.41) is 0. The van der Waals surface area contributed by atoms with Crippen LogP contribution in [0.5, 0.6) is 5.75 Å². The third-order valence-electron chi connectivity index (χ3n) is 3.56. The number of likely N-dealkylation sites (tertiary alicyclic amines) is 1. The van der Waals surface area contributed by atoms with Crippen molar-refractivity contribution in [3.05, 3.63) is 29.6 Å². The molecule has 0 bridgehead atoms. The topological polar surface area (TPSA) is 38.5 Å². The first kappa shape index (κ1) is 13.3. The second-order valence-corrected chi connectivity index (χ2v) is 4.67. The van der Waals surface area contributed by atoms with Gasteiger partial charge in [0.15, 0.2) is 0 Å². The Morgan fingerprint density at radius 1 is 1.39 bits per heavy atom. The highest BCUT2D eigenvalue weighted by Crippen LogP contribution is 2.24. The molecule has 4 heteroatoms. The number of benzene rings is 1. The average molecular weight is 252 g/mol. The lowest BCUT2D eigenvalue weighted by molar-refractivity contribution is 0.102. The summed E-state index contributed by atoms with van der Waals surface area (Å²) < 4.78 is 19.5. The molecule has 0 aromatic heterocycles. The Morgan fingerprint density at radius 2 is 2.11 bits per heavy atom. The fourth-order valence-corrected chi connectivity index (χ4v) is 2.37. The third kappa shape index (κ3) is 3.00. The van der Waals surface area contributed by atoms with Crippen molar-refractivity contribution in [3.63, 3.8) is 0 Å². The number of hydrogen-bond acceptors (Lipinski definition) is 3. The van der Waals surface area contributed by atoms with Crippen LogP contribution in [0.15, 0.2) is 18.2 Å². The molecule has 0 unspecified atom stereocenters. The minimum atomic E-state index is -0.277. The standard InChI is InChI=1S/C14H21FN2O/c1-2-17-8-6-11(7-9-17)18-14-5-3-4-13(15)12(14)10-16/h3-5,11H,2,6-10,16H2,1H3. The van der Waals surface area contributed by atoms with E-state index in [1.807, 2.05) is 0 Å². The van der Waals surface area contributed by atoms with E-state index in [0.29, 0.717) is 11.3 Å². The van der Waals surface area contributed by atoms with Gasteiger partial charge in [-0.25, -0.2) is 4.39 Å². The number of halogens is 1. The number of hydrogen-bond donors (Lipinski definition) is 1. The first-order valence-corrected chi connectivity index (χ1v) is 6.61. The van der Waals surface area contributed by atoms with Gasteiger partial charge in [0.1, 0.15) is 17.7 Å². The molecule has 1 aromatic carbocycles. The van der Waals surface area contributed by atoms with Crippen LogP contribution in [0.4, 0.5) is 4.39 Å². The van der Waals surface area contributed by atoms with Crippen LogP contribution in [0.2, 0.25) is 0 Å². The molecule has 2 N–H and O–H groups in total. The van der Waals surface area contributed by atoms with Crippen molar-refractivity contribution >= 4 is 0 Å². The van der Waals surface area contributed by atoms with Crippen molar-refractivity contribution in [1.29, 1.82) is 0 Å². The van der Waals surface area contributed by atoms with Gasteiger partial charge in [0.25, 0.3) is 0 Å². The lowest BCUT2D eigenvalue weighted by atomic mass is 10.1. The summed E-state index contributed by atoms with van der Waals surface area (Å²) in [5.74, 6) is 0.327. The summed E-state index contributed by atoms with van der Waals surface area (Å²) in [4.78, 5) is 2.40. The Bertz CT molecular complexity index is 389. The average Bonchev–Trinajstić information content (AvgIpc) is 2.40. The first-order chi connectivity index (χ1) is 8.74. The van der Waals surface area contributed by atoms with Crippen LogP contribution in [0.25, 0.3) is 0 Å². The maximum atomic E-state index is 13.6. The Hall–Kier alpha value is -1.13. The molecule has 1 heterocycles. The SMILES string of the molecule is CCN1CCC(Oc2cccc(F)c2CN)CC1. The molecule has 0 amide bonds. The van der Waals surface area contributed by atoms with Gasteiger partial charge in [-0.15, -0.1) is 0 Å². The van der Waals surface area contributed by atoms with Crippen LogP contribution in [-0.2, 0) is 6.54 Å². The van der Waals surface area contributed by atoms with Crippen molar-refractivity contribution in [2.24, 2.45) is 5.73 Å². The maximum absolute atomic E-state index is 13.6. The van der Waals surface area contributed by atoms with E-state index in [2.05, 4.69) is 11.8 Å². The minimum absolute atomic E-state index is 0.176. The van der Waals surface area contributed by atoms with E-state index in [1.54, 1.807) is 12.1 Å². The van der Waals surface area contributed by atoms with E-state index in [9.17, 15) is 4.39 Å². The first-order valence-electron chi connectivity index (χ1n) is 6.61. The van der Waals surface area contributed by atoms with Crippen LogP contribution < -0.4 is 10.5 Å². The van der Waals surface area contributed by atoms with Crippen LogP contribution in [0, 0.1) is 5.82 Å². The maximum Gasteiger partial charge on any atom is 0.131 e. The van der Waals surface area contributed by atoms with Gasteiger partial charge in [-0.3, -0.25) is 0 Å². The predicted molar refractivity (Wildman–Crippen MR) is 70.1 cm³/mol. The molecular weight excluding hydrogens is 231 g/mol. The fourth-order valence-electron chi connectivity index (χ4n) is 2.37. The van der Waals surface area contributed by atoms with Crippen molar-refractivity contribution in [1.82, 2.24) is 4.90 Å². The van der Waals surface area contributed by atoms with E-state index in [-0.39, 0.29) is 18.5 Å². The molecule has 100 valence electrons. The number of piperidine rings is 1. The largest absolute Gasteiger partial charge is 0.490 e. The number of nitrogens with two attached hydrogens (primary N) is 1. The van der Waals surface area contributed by atoms with Crippen molar-refractivity contribution in [2.45, 2.75) is 32.4 Å². The summed E-state index contributed by atoms with van der Waals surface area (Å²) in [7, 11) is 0. The number of ether oxygens (including phenoxy) is 1. The van der Waals surface area contributed by atoms with E-state index in [4.69, 9.17) is 10.5 Å². The molecular formula is C14H21FN2O. The molecule has 2 rings (SSSR count). The third-order valence-corrected chi connectivity index (χ3v) is 3.56. The summed E-state index contributed by atoms with van der Waals surface area (Å²) in [6.45, 7) is 5.53. The van der Waals surface area contributed by atoms with Gasteiger partial charge in [-0.2, -0.15) is 0 Å². The highest BCUT2D eigenvalue weighted by Gasteiger charge is 2.20. The number of rotatable bonds is 4. The Kier molecular flexibility index (Phi) is 4.55. The van der Waals surface area contributed by atoms with Gasteiger partial charge in [-0.05, 0) is 31.5 Å². The highest BCUT2D eigenvalue weighted by atomic mass is 19.1. The van der Waals surface area contributed by atoms with Gasteiger partial charge >= 0.3 is 0 Å². The molecule has 1 saturated heterocycles. The quantitative estimate of drug-likeness (QED) is 0.892. The zero-order valence-electron chi connectivity index (χ0n) is 10.9. The second-order valence-electron chi connectivity index (χ2n) is 4.67. The minimum Gasteiger partial charge on any atom is -0.490 e. The van der Waals surface area contributed by atoms with Gasteiger partial charge in [0.05, 0.1) is 0 Å². The zero-order chi connectivity index (χ0) is 13.0. The lowest BCUT2D eigenvalue weighted by Gasteiger charge is -2.31. The molecule has 1 aliphatic heterocycles. The normalized spacial score (nSPS) is 17.9. The van der Waals surface area contributed by atoms with Crippen molar-refractivity contribution < 1.29 is 9.13 Å². The fraction of sp³-hybridized carbons (Fsp3) is 0.571. The van der Waals surface area contributed by atoms with Crippen LogP contribution in [0.3, 0.4) is 0 Å².